The summed E-state index contributed by atoms with van der Waals surface area (Å²) in [6, 6.07) is 5.53. The highest BCUT2D eigenvalue weighted by Crippen LogP contribution is 2.23. The molecular weight excluding hydrogens is 356 g/mol. The lowest BCUT2D eigenvalue weighted by Crippen LogP contribution is -2.01. The van der Waals surface area contributed by atoms with Crippen molar-refractivity contribution in [1.29, 1.82) is 0 Å². The largest absolute Gasteiger partial charge is 0.497 e. The Bertz CT molecular complexity index is 700. The van der Waals surface area contributed by atoms with Gasteiger partial charge in [-0.05, 0) is 23.8 Å². The van der Waals surface area contributed by atoms with Gasteiger partial charge in [0.2, 0.25) is 0 Å². The Morgan fingerprint density at radius 2 is 2.21 bits per heavy atom. The molecule has 0 saturated carbocycles. The van der Waals surface area contributed by atoms with Crippen LogP contribution in [0.15, 0.2) is 40.0 Å². The van der Waals surface area contributed by atoms with Gasteiger partial charge in [0, 0.05) is 21.4 Å². The summed E-state index contributed by atoms with van der Waals surface area (Å²) in [6.45, 7) is 0.407. The predicted octanol–water partition coefficient (Wildman–Crippen LogP) is 2.63. The SMILES string of the molecule is COc1ccc(Br)c(Cn2cc(S(=O)(=O)Cl)cn2)c1. The summed E-state index contributed by atoms with van der Waals surface area (Å²) in [5.74, 6) is 0.718. The lowest BCUT2D eigenvalue weighted by molar-refractivity contribution is 0.414. The van der Waals surface area contributed by atoms with E-state index in [1.54, 1.807) is 7.11 Å². The predicted molar refractivity (Wildman–Crippen MR) is 75.1 cm³/mol. The minimum absolute atomic E-state index is 0.0202. The molecule has 0 aliphatic rings. The van der Waals surface area contributed by atoms with Crippen molar-refractivity contribution in [2.75, 3.05) is 7.11 Å². The van der Waals surface area contributed by atoms with Crippen molar-refractivity contribution in [2.45, 2.75) is 11.4 Å². The fourth-order valence-corrected chi connectivity index (χ4v) is 2.56. The summed E-state index contributed by atoms with van der Waals surface area (Å²) in [7, 11) is 3.08. The van der Waals surface area contributed by atoms with Gasteiger partial charge in [-0.15, -0.1) is 0 Å². The third kappa shape index (κ3) is 3.49. The minimum Gasteiger partial charge on any atom is -0.497 e. The highest BCUT2D eigenvalue weighted by atomic mass is 79.9. The van der Waals surface area contributed by atoms with E-state index in [0.717, 1.165) is 15.8 Å². The van der Waals surface area contributed by atoms with Crippen molar-refractivity contribution >= 4 is 35.7 Å². The molecule has 19 heavy (non-hydrogen) atoms. The van der Waals surface area contributed by atoms with E-state index in [2.05, 4.69) is 21.0 Å². The molecule has 5 nitrogen and oxygen atoms in total. The summed E-state index contributed by atoms with van der Waals surface area (Å²) in [5.41, 5.74) is 0.918. The van der Waals surface area contributed by atoms with Gasteiger partial charge in [0.1, 0.15) is 10.6 Å². The van der Waals surface area contributed by atoms with Crippen LogP contribution in [0.25, 0.3) is 0 Å². The van der Waals surface area contributed by atoms with E-state index < -0.39 is 9.05 Å². The first-order chi connectivity index (χ1) is 8.90. The molecule has 2 rings (SSSR count). The number of halogens is 2. The molecule has 0 spiro atoms. The third-order valence-electron chi connectivity index (χ3n) is 2.48. The Morgan fingerprint density at radius 3 is 2.79 bits per heavy atom. The number of rotatable bonds is 4. The molecule has 102 valence electrons. The Balaban J connectivity index is 2.29. The van der Waals surface area contributed by atoms with Crippen molar-refractivity contribution in [3.8, 4) is 5.75 Å². The third-order valence-corrected chi connectivity index (χ3v) is 4.56. The summed E-state index contributed by atoms with van der Waals surface area (Å²) in [5, 5.41) is 3.97. The zero-order valence-corrected chi connectivity index (χ0v) is 13.0. The molecule has 1 aromatic carbocycles. The van der Waals surface area contributed by atoms with Crippen LogP contribution < -0.4 is 4.74 Å². The summed E-state index contributed by atoms with van der Waals surface area (Å²) < 4.78 is 29.8. The van der Waals surface area contributed by atoms with Crippen molar-refractivity contribution < 1.29 is 13.2 Å². The van der Waals surface area contributed by atoms with Crippen LogP contribution in [0.4, 0.5) is 0 Å². The Kier molecular flexibility index (Phi) is 4.17. The standard InChI is InChI=1S/C11H10BrClN2O3S/c1-18-9-2-3-11(12)8(4-9)6-15-7-10(5-14-15)19(13,16)17/h2-5,7H,6H2,1H3. The van der Waals surface area contributed by atoms with Crippen LogP contribution in [0.1, 0.15) is 5.56 Å². The van der Waals surface area contributed by atoms with Crippen LogP contribution in [-0.4, -0.2) is 25.3 Å². The Morgan fingerprint density at radius 1 is 1.47 bits per heavy atom. The van der Waals surface area contributed by atoms with Crippen LogP contribution in [0.3, 0.4) is 0 Å². The molecule has 0 bridgehead atoms. The second-order valence-corrected chi connectivity index (χ2v) is 7.19. The molecule has 0 radical (unpaired) electrons. The maximum absolute atomic E-state index is 11.1. The van der Waals surface area contributed by atoms with Gasteiger partial charge in [-0.2, -0.15) is 5.10 Å². The maximum atomic E-state index is 11.1. The molecule has 0 atom stereocenters. The molecule has 0 fully saturated rings. The molecule has 0 aliphatic carbocycles. The second-order valence-electron chi connectivity index (χ2n) is 3.77. The lowest BCUT2D eigenvalue weighted by Gasteiger charge is -2.07. The molecule has 0 saturated heterocycles. The number of nitrogens with zero attached hydrogens (tertiary/aromatic N) is 2. The second kappa shape index (κ2) is 5.52. The molecule has 0 unspecified atom stereocenters. The van der Waals surface area contributed by atoms with Crippen LogP contribution in [0.5, 0.6) is 5.75 Å². The van der Waals surface area contributed by atoms with Crippen LogP contribution in [0.2, 0.25) is 0 Å². The molecule has 2 aromatic rings. The van der Waals surface area contributed by atoms with Crippen LogP contribution >= 0.6 is 26.6 Å². The van der Waals surface area contributed by atoms with Crippen LogP contribution in [0, 0.1) is 0 Å². The zero-order chi connectivity index (χ0) is 14.0. The zero-order valence-electron chi connectivity index (χ0n) is 9.88. The first-order valence-electron chi connectivity index (χ1n) is 5.19. The van der Waals surface area contributed by atoms with Gasteiger partial charge in [-0.1, -0.05) is 15.9 Å². The van der Waals surface area contributed by atoms with Crippen molar-refractivity contribution in [3.63, 3.8) is 0 Å². The number of hydrogen-bond acceptors (Lipinski definition) is 4. The monoisotopic (exact) mass is 364 g/mol. The molecule has 1 aromatic heterocycles. The molecule has 0 aliphatic heterocycles. The molecule has 1 heterocycles. The number of methoxy groups -OCH3 is 1. The maximum Gasteiger partial charge on any atom is 0.264 e. The van der Waals surface area contributed by atoms with Gasteiger partial charge >= 0.3 is 0 Å². The quantitative estimate of drug-likeness (QED) is 0.782. The highest BCUT2D eigenvalue weighted by Gasteiger charge is 2.13. The van der Waals surface area contributed by atoms with E-state index in [1.165, 1.54) is 17.1 Å². The Labute approximate surface area is 123 Å². The van der Waals surface area contributed by atoms with Crippen molar-refractivity contribution in [1.82, 2.24) is 9.78 Å². The van der Waals surface area contributed by atoms with Crippen molar-refractivity contribution in [2.24, 2.45) is 0 Å². The van der Waals surface area contributed by atoms with Gasteiger partial charge in [0.05, 0.1) is 19.9 Å². The number of ether oxygens (including phenoxy) is 1. The van der Waals surface area contributed by atoms with E-state index in [-0.39, 0.29) is 4.90 Å². The number of benzene rings is 1. The van der Waals surface area contributed by atoms with E-state index in [0.29, 0.717) is 6.54 Å². The average molecular weight is 366 g/mol. The topological polar surface area (TPSA) is 61.2 Å². The molecule has 0 N–H and O–H groups in total. The van der Waals surface area contributed by atoms with Gasteiger partial charge < -0.3 is 4.74 Å². The number of aromatic nitrogens is 2. The highest BCUT2D eigenvalue weighted by molar-refractivity contribution is 9.10. The fraction of sp³-hybridized carbons (Fsp3) is 0.182. The van der Waals surface area contributed by atoms with E-state index in [1.807, 2.05) is 18.2 Å². The summed E-state index contributed by atoms with van der Waals surface area (Å²) in [6.07, 6.45) is 2.60. The minimum atomic E-state index is -3.74. The molecule has 0 amide bonds. The Hall–Kier alpha value is -1.05. The van der Waals surface area contributed by atoms with E-state index in [9.17, 15) is 8.42 Å². The first kappa shape index (κ1) is 14.4. The summed E-state index contributed by atoms with van der Waals surface area (Å²) >= 11 is 3.42. The smallest absolute Gasteiger partial charge is 0.264 e. The van der Waals surface area contributed by atoms with Gasteiger partial charge in [0.25, 0.3) is 9.05 Å². The number of hydrogen-bond donors (Lipinski definition) is 0. The summed E-state index contributed by atoms with van der Waals surface area (Å²) in [4.78, 5) is -0.0202. The van der Waals surface area contributed by atoms with E-state index >= 15 is 0 Å². The van der Waals surface area contributed by atoms with Gasteiger partial charge in [0.15, 0.2) is 0 Å². The molecular formula is C11H10BrClN2O3S. The lowest BCUT2D eigenvalue weighted by atomic mass is 10.2. The van der Waals surface area contributed by atoms with Gasteiger partial charge in [-0.25, -0.2) is 8.42 Å². The first-order valence-corrected chi connectivity index (χ1v) is 8.30. The van der Waals surface area contributed by atoms with Crippen LogP contribution in [-0.2, 0) is 15.6 Å². The van der Waals surface area contributed by atoms with Crippen molar-refractivity contribution in [3.05, 3.63) is 40.6 Å². The molecule has 8 heteroatoms. The van der Waals surface area contributed by atoms with E-state index in [4.69, 9.17) is 15.4 Å². The van der Waals surface area contributed by atoms with Gasteiger partial charge in [-0.3, -0.25) is 4.68 Å². The fourth-order valence-electron chi connectivity index (χ4n) is 1.53. The normalized spacial score (nSPS) is 11.5. The average Bonchev–Trinajstić information content (AvgIpc) is 2.80.